The van der Waals surface area contributed by atoms with Gasteiger partial charge in [-0.05, 0) is 86.7 Å². The zero-order valence-electron chi connectivity index (χ0n) is 17.3. The number of unbranched alkanes of at least 4 members (excludes halogenated alkanes) is 4. The van der Waals surface area contributed by atoms with E-state index >= 15 is 0 Å². The summed E-state index contributed by atoms with van der Waals surface area (Å²) in [7, 11) is 0. The minimum Gasteiger partial charge on any atom is -0.507 e. The number of rotatable bonds is 12. The smallest absolute Gasteiger partial charge is 0.164 e. The Kier molecular flexibility index (Phi) is 6.28. The van der Waals surface area contributed by atoms with Gasteiger partial charge in [0.2, 0.25) is 0 Å². The second-order valence-corrected chi connectivity index (χ2v) is 9.97. The molecule has 0 bridgehead atoms. The molecule has 1 aromatic carbocycles. The Bertz CT molecular complexity index is 642. The van der Waals surface area contributed by atoms with E-state index in [1.54, 1.807) is 6.07 Å². The average Bonchev–Trinajstić information content (AvgIpc) is 3.54. The van der Waals surface area contributed by atoms with Crippen molar-refractivity contribution in [3.05, 3.63) is 17.2 Å². The molecular formula is C24H38O3. The van der Waals surface area contributed by atoms with Gasteiger partial charge in [0, 0.05) is 5.56 Å². The number of benzene rings is 1. The van der Waals surface area contributed by atoms with Gasteiger partial charge in [-0.3, -0.25) is 0 Å². The number of aryl methyl sites for hydroxylation is 1. The van der Waals surface area contributed by atoms with Crippen LogP contribution in [0.15, 0.2) is 6.07 Å². The fourth-order valence-corrected chi connectivity index (χ4v) is 4.19. The third kappa shape index (κ3) is 5.80. The van der Waals surface area contributed by atoms with E-state index in [4.69, 9.17) is 0 Å². The monoisotopic (exact) mass is 374 g/mol. The van der Waals surface area contributed by atoms with Crippen LogP contribution in [0.3, 0.4) is 0 Å². The average molecular weight is 375 g/mol. The number of hydrogen-bond donors (Lipinski definition) is 3. The van der Waals surface area contributed by atoms with Gasteiger partial charge in [-0.25, -0.2) is 0 Å². The molecule has 2 aliphatic carbocycles. The minimum absolute atomic E-state index is 0.0892. The Hall–Kier alpha value is -1.38. The second-order valence-electron chi connectivity index (χ2n) is 9.97. The summed E-state index contributed by atoms with van der Waals surface area (Å²) in [6, 6.07) is 1.54. The van der Waals surface area contributed by atoms with Gasteiger partial charge in [-0.15, -0.1) is 0 Å². The Morgan fingerprint density at radius 1 is 0.704 bits per heavy atom. The molecule has 0 aromatic heterocycles. The van der Waals surface area contributed by atoms with Crippen molar-refractivity contribution in [1.29, 1.82) is 0 Å². The van der Waals surface area contributed by atoms with Crippen LogP contribution in [0.1, 0.15) is 102 Å². The summed E-state index contributed by atoms with van der Waals surface area (Å²) in [6.45, 7) is 4.72. The third-order valence-corrected chi connectivity index (χ3v) is 7.07. The van der Waals surface area contributed by atoms with Gasteiger partial charge in [-0.1, -0.05) is 39.5 Å². The normalized spacial score (nSPS) is 19.2. The van der Waals surface area contributed by atoms with Gasteiger partial charge in [0.05, 0.1) is 0 Å². The van der Waals surface area contributed by atoms with Gasteiger partial charge in [0.1, 0.15) is 5.75 Å². The highest BCUT2D eigenvalue weighted by molar-refractivity contribution is 5.56. The van der Waals surface area contributed by atoms with Crippen LogP contribution in [-0.2, 0) is 12.8 Å². The van der Waals surface area contributed by atoms with Crippen molar-refractivity contribution in [1.82, 2.24) is 0 Å². The van der Waals surface area contributed by atoms with E-state index < -0.39 is 0 Å². The van der Waals surface area contributed by atoms with E-state index in [9.17, 15) is 15.3 Å². The highest BCUT2D eigenvalue weighted by Gasteiger charge is 2.36. The highest BCUT2D eigenvalue weighted by Crippen LogP contribution is 2.50. The maximum atomic E-state index is 10.6. The predicted octanol–water partition coefficient (Wildman–Crippen LogP) is 6.61. The van der Waals surface area contributed by atoms with Crippen molar-refractivity contribution in [2.24, 2.45) is 10.8 Å². The van der Waals surface area contributed by atoms with Gasteiger partial charge >= 0.3 is 0 Å². The maximum absolute atomic E-state index is 10.6. The summed E-state index contributed by atoms with van der Waals surface area (Å²) >= 11 is 0. The van der Waals surface area contributed by atoms with Crippen LogP contribution in [0.4, 0.5) is 0 Å². The van der Waals surface area contributed by atoms with Crippen molar-refractivity contribution < 1.29 is 15.3 Å². The van der Waals surface area contributed by atoms with Crippen molar-refractivity contribution in [3.8, 4) is 17.2 Å². The Morgan fingerprint density at radius 3 is 1.81 bits per heavy atom. The second kappa shape index (κ2) is 8.32. The zero-order valence-corrected chi connectivity index (χ0v) is 17.3. The molecule has 0 spiro atoms. The van der Waals surface area contributed by atoms with Crippen molar-refractivity contribution in [2.75, 3.05) is 0 Å². The number of hydrogen-bond acceptors (Lipinski definition) is 3. The molecule has 2 fully saturated rings. The van der Waals surface area contributed by atoms with Gasteiger partial charge in [0.15, 0.2) is 11.5 Å². The van der Waals surface area contributed by atoms with Gasteiger partial charge in [0.25, 0.3) is 0 Å². The molecule has 2 saturated carbocycles. The van der Waals surface area contributed by atoms with E-state index in [0.29, 0.717) is 22.8 Å². The Labute approximate surface area is 164 Å². The molecule has 0 heterocycles. The summed E-state index contributed by atoms with van der Waals surface area (Å²) in [5, 5.41) is 30.9. The highest BCUT2D eigenvalue weighted by atomic mass is 16.3. The van der Waals surface area contributed by atoms with Gasteiger partial charge < -0.3 is 15.3 Å². The molecule has 3 N–H and O–H groups in total. The standard InChI is InChI=1S/C24H38O3/c1-23(13-14-23)11-7-4-3-5-10-19-21(26)18(17-20(25)22(19)27)9-6-8-12-24(2)15-16-24/h17,25-27H,3-16H2,1-2H3. The summed E-state index contributed by atoms with van der Waals surface area (Å²) in [6.07, 6.45) is 16.2. The van der Waals surface area contributed by atoms with Crippen LogP contribution in [0.25, 0.3) is 0 Å². The molecule has 152 valence electrons. The lowest BCUT2D eigenvalue weighted by atomic mass is 9.95. The molecule has 0 aliphatic heterocycles. The third-order valence-electron chi connectivity index (χ3n) is 7.07. The van der Waals surface area contributed by atoms with Crippen molar-refractivity contribution >= 4 is 0 Å². The van der Waals surface area contributed by atoms with E-state index in [1.807, 2.05) is 0 Å². The lowest BCUT2D eigenvalue weighted by Crippen LogP contribution is -1.97. The predicted molar refractivity (Wildman–Crippen MR) is 110 cm³/mol. The fraction of sp³-hybridized carbons (Fsp3) is 0.750. The van der Waals surface area contributed by atoms with Crippen LogP contribution in [0, 0.1) is 10.8 Å². The number of aromatic hydroxyl groups is 3. The van der Waals surface area contributed by atoms with Crippen molar-refractivity contribution in [3.63, 3.8) is 0 Å². The fourth-order valence-electron chi connectivity index (χ4n) is 4.19. The first-order valence-corrected chi connectivity index (χ1v) is 11.1. The largest absolute Gasteiger partial charge is 0.507 e. The summed E-state index contributed by atoms with van der Waals surface area (Å²) in [5.74, 6) is -0.0192. The first-order chi connectivity index (χ1) is 12.8. The quantitative estimate of drug-likeness (QED) is 0.219. The Balaban J connectivity index is 1.45. The van der Waals surface area contributed by atoms with E-state index in [-0.39, 0.29) is 17.2 Å². The number of phenolic OH excluding ortho intramolecular Hbond substituents is 3. The van der Waals surface area contributed by atoms with Crippen LogP contribution >= 0.6 is 0 Å². The summed E-state index contributed by atoms with van der Waals surface area (Å²) in [4.78, 5) is 0. The molecule has 1 aromatic rings. The van der Waals surface area contributed by atoms with E-state index in [1.165, 1.54) is 51.4 Å². The lowest BCUT2D eigenvalue weighted by molar-refractivity contribution is 0.385. The van der Waals surface area contributed by atoms with Crippen LogP contribution in [0.5, 0.6) is 17.2 Å². The maximum Gasteiger partial charge on any atom is 0.164 e. The van der Waals surface area contributed by atoms with Crippen LogP contribution in [-0.4, -0.2) is 15.3 Å². The van der Waals surface area contributed by atoms with Gasteiger partial charge in [-0.2, -0.15) is 0 Å². The minimum atomic E-state index is -0.132. The first-order valence-electron chi connectivity index (χ1n) is 11.1. The molecule has 27 heavy (non-hydrogen) atoms. The molecule has 3 nitrogen and oxygen atoms in total. The molecule has 0 atom stereocenters. The van der Waals surface area contributed by atoms with E-state index in [2.05, 4.69) is 13.8 Å². The zero-order chi connectivity index (χ0) is 19.5. The van der Waals surface area contributed by atoms with Crippen molar-refractivity contribution in [2.45, 2.75) is 104 Å². The Morgan fingerprint density at radius 2 is 1.22 bits per heavy atom. The van der Waals surface area contributed by atoms with Crippen LogP contribution in [0.2, 0.25) is 0 Å². The number of phenols is 3. The molecule has 3 rings (SSSR count). The summed E-state index contributed by atoms with van der Waals surface area (Å²) < 4.78 is 0. The molecule has 0 saturated heterocycles. The topological polar surface area (TPSA) is 60.7 Å². The lowest BCUT2D eigenvalue weighted by Gasteiger charge is -2.14. The SMILES string of the molecule is CC1(CCCCCCc2c(O)c(O)cc(CCCCC3(C)CC3)c2O)CC1. The molecule has 0 radical (unpaired) electrons. The molecule has 3 heteroatoms. The summed E-state index contributed by atoms with van der Waals surface area (Å²) in [5.41, 5.74) is 2.52. The molecular weight excluding hydrogens is 336 g/mol. The molecule has 2 aliphatic rings. The van der Waals surface area contributed by atoms with Crippen LogP contribution < -0.4 is 0 Å². The molecule has 0 unspecified atom stereocenters. The first kappa shape index (κ1) is 20.4. The van der Waals surface area contributed by atoms with E-state index in [0.717, 1.165) is 37.7 Å². The molecule has 0 amide bonds.